The van der Waals surface area contributed by atoms with Crippen molar-refractivity contribution in [3.8, 4) is 51.4 Å². The van der Waals surface area contributed by atoms with E-state index in [0.29, 0.717) is 21.4 Å². The second-order valence-electron chi connectivity index (χ2n) is 25.5. The third-order valence-corrected chi connectivity index (χ3v) is 19.0. The average molecular weight is 1640 g/mol. The Kier molecular flexibility index (Phi) is 31.7. The number of carbonyl (C=O) groups is 1. The summed E-state index contributed by atoms with van der Waals surface area (Å²) in [5.74, 6) is 4.93. The van der Waals surface area contributed by atoms with E-state index in [1.165, 1.54) is 12.1 Å². The first-order valence-electron chi connectivity index (χ1n) is 36.5. The van der Waals surface area contributed by atoms with Gasteiger partial charge in [0.1, 0.15) is 51.8 Å². The van der Waals surface area contributed by atoms with E-state index in [1.54, 1.807) is 73.3 Å². The van der Waals surface area contributed by atoms with Crippen molar-refractivity contribution in [2.24, 2.45) is 0 Å². The summed E-state index contributed by atoms with van der Waals surface area (Å²) < 4.78 is 47.4. The third kappa shape index (κ3) is 24.4. The molecule has 0 radical (unpaired) electrons. The molecular formula is C100H85BrCl2FN5O7. The van der Waals surface area contributed by atoms with Gasteiger partial charge in [-0.1, -0.05) is 247 Å². The van der Waals surface area contributed by atoms with Gasteiger partial charge in [0.15, 0.2) is 5.78 Å². The standard InChI is InChI=1S/C23H17ClN2.C23H17N3O.C18H17BrO2.C18H17ClO2.C18H17FO2/c1-16(18-7-3-2-4-8-18)20(15-17-11-13-19(24)14-12-17)23-25-21-9-5-6-10-22(21)26-23;27-22(18-8-3-1-4-9-18)14-13-20-17-26(21-11-5-2-6-12-21)25-23(20)19-10-7-15-24-16-19;1-13(8-9-14-6-4-5-7-17(14)19)16-11-10-15(20-2)12-18(16)21-3;1-13(7-8-14-5-4-6-15(19)11-14)17-10-9-16(20-2)12-18(17)21-3;1-13(4-5-14-6-8-15(19)9-7-14)17-11-10-16(20-2)12-18(17)21-3/h2-15H,1H2,(H,25,26);1-17H;3*4-12H,1H2,2-3H3/b20-15-;14-13+;9-8+;8-7+;5-4+. The molecule has 14 rings (SSSR count). The number of hydrogen-bond donors (Lipinski definition) is 1. The van der Waals surface area contributed by atoms with E-state index in [-0.39, 0.29) is 11.6 Å². The monoisotopic (exact) mass is 1640 g/mol. The molecule has 3 aromatic heterocycles. The van der Waals surface area contributed by atoms with Crippen molar-refractivity contribution in [2.45, 2.75) is 0 Å². The summed E-state index contributed by atoms with van der Waals surface area (Å²) in [6.45, 7) is 16.6. The van der Waals surface area contributed by atoms with Crippen molar-refractivity contribution in [3.05, 3.63) is 430 Å². The Labute approximate surface area is 695 Å². The van der Waals surface area contributed by atoms with Crippen molar-refractivity contribution in [1.29, 1.82) is 0 Å². The molecule has 16 heteroatoms. The van der Waals surface area contributed by atoms with E-state index in [4.69, 9.17) is 61.7 Å². The lowest BCUT2D eigenvalue weighted by Gasteiger charge is -2.10. The van der Waals surface area contributed by atoms with Gasteiger partial charge in [-0.05, 0) is 184 Å². The predicted octanol–water partition coefficient (Wildman–Crippen LogP) is 26.1. The molecule has 0 atom stereocenters. The number of pyridine rings is 1. The molecule has 3 heterocycles. The summed E-state index contributed by atoms with van der Waals surface area (Å²) in [6.07, 6.45) is 22.6. The van der Waals surface area contributed by atoms with Crippen LogP contribution in [-0.4, -0.2) is 73.2 Å². The fourth-order valence-electron chi connectivity index (χ4n) is 11.6. The number of aromatic amines is 1. The largest absolute Gasteiger partial charge is 0.497 e. The Hall–Kier alpha value is -13.6. The number of fused-ring (bicyclic) bond motifs is 1. The number of ether oxygens (including phenoxy) is 6. The van der Waals surface area contributed by atoms with Gasteiger partial charge in [0, 0.05) is 90.3 Å². The van der Waals surface area contributed by atoms with Gasteiger partial charge in [-0.3, -0.25) is 9.78 Å². The Morgan fingerprint density at radius 2 is 0.974 bits per heavy atom. The minimum atomic E-state index is -0.247. The van der Waals surface area contributed by atoms with Crippen molar-refractivity contribution in [1.82, 2.24) is 24.7 Å². The molecule has 0 unspecified atom stereocenters. The number of hydrogen-bond acceptors (Lipinski definition) is 10. The van der Waals surface area contributed by atoms with E-state index in [9.17, 15) is 9.18 Å². The molecule has 0 bridgehead atoms. The Bertz CT molecular complexity index is 5790. The molecule has 12 nitrogen and oxygen atoms in total. The fourth-order valence-corrected chi connectivity index (χ4v) is 12.3. The van der Waals surface area contributed by atoms with Crippen LogP contribution in [0, 0.1) is 5.82 Å². The van der Waals surface area contributed by atoms with Gasteiger partial charge in [-0.25, -0.2) is 14.1 Å². The molecule has 0 amide bonds. The Morgan fingerprint density at radius 3 is 1.51 bits per heavy atom. The van der Waals surface area contributed by atoms with Crippen molar-refractivity contribution in [2.75, 3.05) is 42.7 Å². The molecule has 14 aromatic rings. The highest BCUT2D eigenvalue weighted by Crippen LogP contribution is 2.36. The first-order valence-corrected chi connectivity index (χ1v) is 38.0. The molecule has 0 fully saturated rings. The SMILES string of the molecule is C=C(/C(=C/c1ccc(Cl)cc1)c1nc2ccccc2[nH]1)c1ccccc1.C=C(/C=C/c1ccc(F)cc1)c1ccc(OC)cc1OC.C=C(/C=C/c1cccc(Cl)c1)c1ccc(OC)cc1OC.C=C(/C=C/c1ccccc1Br)c1ccc(OC)cc1OC.O=C(/C=C/c1cn(-c2ccccc2)nc1-c1cccnc1)c1ccccc1. The maximum absolute atomic E-state index is 12.9. The molecule has 580 valence electrons. The minimum Gasteiger partial charge on any atom is -0.497 e. The van der Waals surface area contributed by atoms with E-state index in [0.717, 1.165) is 145 Å². The zero-order valence-electron chi connectivity index (χ0n) is 65.0. The lowest BCUT2D eigenvalue weighted by molar-refractivity contribution is 0.104. The highest BCUT2D eigenvalue weighted by atomic mass is 79.9. The second kappa shape index (κ2) is 43.4. The first-order chi connectivity index (χ1) is 56.4. The van der Waals surface area contributed by atoms with Gasteiger partial charge in [0.05, 0.1) is 59.4 Å². The van der Waals surface area contributed by atoms with Crippen LogP contribution in [0.15, 0.2) is 353 Å². The number of allylic oxidation sites excluding steroid dienone is 9. The maximum atomic E-state index is 12.9. The predicted molar refractivity (Wildman–Crippen MR) is 482 cm³/mol. The number of benzene rings is 11. The van der Waals surface area contributed by atoms with Crippen molar-refractivity contribution in [3.63, 3.8) is 0 Å². The summed E-state index contributed by atoms with van der Waals surface area (Å²) in [5, 5.41) is 6.15. The average Bonchev–Trinajstić information content (AvgIpc) is 1.66. The van der Waals surface area contributed by atoms with Crippen molar-refractivity contribution < 1.29 is 37.6 Å². The maximum Gasteiger partial charge on any atom is 0.185 e. The van der Waals surface area contributed by atoms with Gasteiger partial charge < -0.3 is 33.4 Å². The number of imidazole rings is 1. The molecule has 0 aliphatic rings. The van der Waals surface area contributed by atoms with Crippen LogP contribution in [0.4, 0.5) is 4.39 Å². The molecule has 0 aliphatic carbocycles. The summed E-state index contributed by atoms with van der Waals surface area (Å²) in [5.41, 5.74) is 18.4. The molecule has 0 saturated heterocycles. The highest BCUT2D eigenvalue weighted by Gasteiger charge is 2.16. The minimum absolute atomic E-state index is 0.0415. The van der Waals surface area contributed by atoms with Crippen LogP contribution in [0.3, 0.4) is 0 Å². The van der Waals surface area contributed by atoms with Crippen LogP contribution in [-0.2, 0) is 0 Å². The number of carbonyl (C=O) groups excluding carboxylic acids is 1. The molecular weight excluding hydrogens is 1550 g/mol. The molecule has 0 spiro atoms. The highest BCUT2D eigenvalue weighted by molar-refractivity contribution is 9.10. The molecule has 1 N–H and O–H groups in total. The van der Waals surface area contributed by atoms with Gasteiger partial charge >= 0.3 is 0 Å². The summed E-state index contributed by atoms with van der Waals surface area (Å²) in [7, 11) is 9.75. The van der Waals surface area contributed by atoms with E-state index >= 15 is 0 Å². The number of nitrogens with zero attached hydrogens (tertiary/aromatic N) is 4. The van der Waals surface area contributed by atoms with Crippen LogP contribution >= 0.6 is 39.1 Å². The van der Waals surface area contributed by atoms with Crippen molar-refractivity contribution >= 4 is 114 Å². The van der Waals surface area contributed by atoms with Crippen LogP contribution in [0.25, 0.3) is 86.2 Å². The van der Waals surface area contributed by atoms with E-state index in [1.807, 2.05) is 296 Å². The summed E-state index contributed by atoms with van der Waals surface area (Å²) in [6, 6.07) is 87.7. The third-order valence-electron chi connectivity index (χ3n) is 17.7. The van der Waals surface area contributed by atoms with E-state index in [2.05, 4.69) is 70.4 Å². The first kappa shape index (κ1) is 84.8. The molecule has 0 saturated carbocycles. The fraction of sp³-hybridized carbons (Fsp3) is 0.0600. The smallest absolute Gasteiger partial charge is 0.185 e. The van der Waals surface area contributed by atoms with Gasteiger partial charge in [-0.15, -0.1) is 0 Å². The van der Waals surface area contributed by atoms with Crippen LogP contribution in [0.5, 0.6) is 34.5 Å². The second-order valence-corrected chi connectivity index (χ2v) is 27.2. The molecule has 0 aliphatic heterocycles. The lowest BCUT2D eigenvalue weighted by atomic mass is 9.97. The number of rotatable bonds is 24. The number of methoxy groups -OCH3 is 6. The molecule has 116 heavy (non-hydrogen) atoms. The number of para-hydroxylation sites is 3. The number of nitrogens with one attached hydrogen (secondary N) is 1. The summed E-state index contributed by atoms with van der Waals surface area (Å²) >= 11 is 15.5. The van der Waals surface area contributed by atoms with Gasteiger partial charge in [0.2, 0.25) is 0 Å². The van der Waals surface area contributed by atoms with Gasteiger partial charge in [0.25, 0.3) is 0 Å². The lowest BCUT2D eigenvalue weighted by Crippen LogP contribution is -1.94. The van der Waals surface area contributed by atoms with Crippen LogP contribution in [0.1, 0.15) is 66.3 Å². The van der Waals surface area contributed by atoms with Gasteiger partial charge in [-0.2, -0.15) is 5.10 Å². The van der Waals surface area contributed by atoms with Crippen LogP contribution < -0.4 is 28.4 Å². The van der Waals surface area contributed by atoms with E-state index < -0.39 is 0 Å². The van der Waals surface area contributed by atoms with Crippen LogP contribution in [0.2, 0.25) is 10.0 Å². The zero-order valence-corrected chi connectivity index (χ0v) is 68.1. The Balaban J connectivity index is 0.000000154. The normalized spacial score (nSPS) is 10.9. The number of H-pyrrole nitrogens is 1. The Morgan fingerprint density at radius 1 is 0.466 bits per heavy atom. The zero-order chi connectivity index (χ0) is 82.1. The topological polar surface area (TPSA) is 132 Å². The number of ketones is 1. The summed E-state index contributed by atoms with van der Waals surface area (Å²) in [4.78, 5) is 24.8. The quantitative estimate of drug-likeness (QED) is 0.0354. The molecule has 11 aromatic carbocycles. The number of halogens is 4. The number of aromatic nitrogens is 5.